The van der Waals surface area contributed by atoms with Crippen LogP contribution in [-0.2, 0) is 21.3 Å². The Morgan fingerprint density at radius 1 is 1.32 bits per heavy atom. The topological polar surface area (TPSA) is 61.2 Å². The maximum absolute atomic E-state index is 13.8. The van der Waals surface area contributed by atoms with Crippen LogP contribution in [0, 0.1) is 5.82 Å². The van der Waals surface area contributed by atoms with Crippen molar-refractivity contribution in [1.29, 1.82) is 0 Å². The Bertz CT molecular complexity index is 781. The van der Waals surface area contributed by atoms with Gasteiger partial charge in [0.05, 0.1) is 5.52 Å². The van der Waals surface area contributed by atoms with Gasteiger partial charge in [-0.1, -0.05) is 25.7 Å². The van der Waals surface area contributed by atoms with E-state index in [4.69, 9.17) is 4.74 Å². The summed E-state index contributed by atoms with van der Waals surface area (Å²) in [5.41, 5.74) is 0.477. The van der Waals surface area contributed by atoms with Gasteiger partial charge in [-0.05, 0) is 18.2 Å². The summed E-state index contributed by atoms with van der Waals surface area (Å²) in [5.74, 6) is -0.539. The predicted octanol–water partition coefficient (Wildman–Crippen LogP) is 2.89. The zero-order valence-corrected chi connectivity index (χ0v) is 15.1. The van der Waals surface area contributed by atoms with Gasteiger partial charge in [0.2, 0.25) is 15.0 Å². The van der Waals surface area contributed by atoms with Crippen molar-refractivity contribution >= 4 is 28.9 Å². The second-order valence-corrected chi connectivity index (χ2v) is 14.1. The van der Waals surface area contributed by atoms with Crippen LogP contribution in [0.2, 0.25) is 25.7 Å². The molecule has 0 saturated carbocycles. The van der Waals surface area contributed by atoms with Crippen LogP contribution in [0.15, 0.2) is 23.4 Å². The molecule has 0 bridgehead atoms. The number of hydrogen-bond acceptors (Lipinski definition) is 4. The number of para-hydroxylation sites is 1. The van der Waals surface area contributed by atoms with Crippen LogP contribution in [0.1, 0.15) is 0 Å². The lowest BCUT2D eigenvalue weighted by Gasteiger charge is -2.16. The molecule has 122 valence electrons. The van der Waals surface area contributed by atoms with E-state index < -0.39 is 23.7 Å². The Labute approximate surface area is 131 Å². The van der Waals surface area contributed by atoms with E-state index in [1.54, 1.807) is 6.07 Å². The van der Waals surface area contributed by atoms with Gasteiger partial charge in [-0.15, -0.1) is 0 Å². The molecule has 0 aliphatic heterocycles. The van der Waals surface area contributed by atoms with Crippen molar-refractivity contribution in [2.24, 2.45) is 0 Å². The fraction of sp³-hybridized carbons (Fsp3) is 0.500. The number of hydrogen-bond donors (Lipinski definition) is 0. The Kier molecular flexibility index (Phi) is 4.74. The molecule has 8 heteroatoms. The van der Waals surface area contributed by atoms with Gasteiger partial charge < -0.3 is 4.74 Å². The van der Waals surface area contributed by atoms with Gasteiger partial charge >= 0.3 is 0 Å². The van der Waals surface area contributed by atoms with E-state index in [2.05, 4.69) is 24.6 Å². The zero-order chi connectivity index (χ0) is 16.5. The highest BCUT2D eigenvalue weighted by Crippen LogP contribution is 2.22. The molecule has 0 spiro atoms. The average Bonchev–Trinajstić information content (AvgIpc) is 2.74. The third-order valence-corrected chi connectivity index (χ3v) is 5.92. The van der Waals surface area contributed by atoms with E-state index in [1.165, 1.54) is 16.7 Å². The summed E-state index contributed by atoms with van der Waals surface area (Å²) in [5, 5.41) is -0.166. The van der Waals surface area contributed by atoms with Crippen molar-refractivity contribution in [2.45, 2.75) is 37.6 Å². The van der Waals surface area contributed by atoms with Crippen LogP contribution < -0.4 is 0 Å². The number of aromatic nitrogens is 2. The minimum Gasteiger partial charge on any atom is -0.361 e. The first-order valence-electron chi connectivity index (χ1n) is 7.02. The molecule has 0 aliphatic carbocycles. The van der Waals surface area contributed by atoms with Gasteiger partial charge in [0.1, 0.15) is 12.2 Å². The molecule has 1 aromatic carbocycles. The highest BCUT2D eigenvalue weighted by molar-refractivity contribution is 7.90. The smallest absolute Gasteiger partial charge is 0.230 e. The summed E-state index contributed by atoms with van der Waals surface area (Å²) >= 11 is 0. The first-order chi connectivity index (χ1) is 10.1. The summed E-state index contributed by atoms with van der Waals surface area (Å²) in [6.07, 6.45) is 1.06. The number of sulfone groups is 1. The molecular weight excluding hydrogens is 323 g/mol. The molecule has 0 amide bonds. The molecule has 1 aromatic heterocycles. The zero-order valence-electron chi connectivity index (χ0n) is 13.3. The number of fused-ring (bicyclic) bond motifs is 1. The molecule has 0 aliphatic rings. The van der Waals surface area contributed by atoms with E-state index in [0.717, 1.165) is 12.3 Å². The number of nitrogens with zero attached hydrogens (tertiary/aromatic N) is 2. The molecule has 0 radical (unpaired) electrons. The van der Waals surface area contributed by atoms with Crippen molar-refractivity contribution in [3.63, 3.8) is 0 Å². The van der Waals surface area contributed by atoms with Gasteiger partial charge in [0, 0.05) is 20.9 Å². The highest BCUT2D eigenvalue weighted by atomic mass is 32.2. The molecule has 0 N–H and O–H groups in total. The lowest BCUT2D eigenvalue weighted by atomic mass is 10.3. The third kappa shape index (κ3) is 3.93. The van der Waals surface area contributed by atoms with Crippen LogP contribution in [-0.4, -0.2) is 38.9 Å². The summed E-state index contributed by atoms with van der Waals surface area (Å²) in [4.78, 5) is 3.94. The molecule has 1 heterocycles. The van der Waals surface area contributed by atoms with E-state index in [9.17, 15) is 12.8 Å². The Morgan fingerprint density at radius 3 is 2.59 bits per heavy atom. The molecule has 22 heavy (non-hydrogen) atoms. The van der Waals surface area contributed by atoms with Crippen LogP contribution in [0.4, 0.5) is 4.39 Å². The average molecular weight is 344 g/mol. The lowest BCUT2D eigenvalue weighted by Crippen LogP contribution is -2.22. The number of rotatable bonds is 6. The Morgan fingerprint density at radius 2 is 2.00 bits per heavy atom. The summed E-state index contributed by atoms with van der Waals surface area (Å²) in [6, 6.07) is 5.41. The van der Waals surface area contributed by atoms with Crippen molar-refractivity contribution in [3.8, 4) is 0 Å². The summed E-state index contributed by atoms with van der Waals surface area (Å²) < 4.78 is 44.6. The standard InChI is InChI=1S/C14H21FN2O3SSi/c1-21(18,19)14-16-13-11(15)6-5-7-12(13)17(14)10-20-8-9-22(2,3)4/h5-7H,8-10H2,1-4H3. The van der Waals surface area contributed by atoms with Crippen LogP contribution in [0.5, 0.6) is 0 Å². The second kappa shape index (κ2) is 6.09. The van der Waals surface area contributed by atoms with Gasteiger partial charge in [0.15, 0.2) is 5.82 Å². The second-order valence-electron chi connectivity index (χ2n) is 6.55. The number of benzene rings is 1. The van der Waals surface area contributed by atoms with Gasteiger partial charge in [-0.25, -0.2) is 17.8 Å². The van der Waals surface area contributed by atoms with Crippen molar-refractivity contribution < 1.29 is 17.5 Å². The summed E-state index contributed by atoms with van der Waals surface area (Å²) in [6.45, 7) is 7.31. The van der Waals surface area contributed by atoms with E-state index >= 15 is 0 Å². The number of ether oxygens (including phenoxy) is 1. The van der Waals surface area contributed by atoms with Crippen LogP contribution in [0.25, 0.3) is 11.0 Å². The van der Waals surface area contributed by atoms with Crippen molar-refractivity contribution in [3.05, 3.63) is 24.0 Å². The van der Waals surface area contributed by atoms with Crippen molar-refractivity contribution in [2.75, 3.05) is 12.9 Å². The SMILES string of the molecule is C[Si](C)(C)CCOCn1c(S(C)(=O)=O)nc2c(F)cccc21. The minimum atomic E-state index is -3.56. The molecule has 0 saturated heterocycles. The normalized spacial score (nSPS) is 13.0. The van der Waals surface area contributed by atoms with E-state index in [1.807, 2.05) is 0 Å². The summed E-state index contributed by atoms with van der Waals surface area (Å²) in [7, 11) is -4.78. The quantitative estimate of drug-likeness (QED) is 0.597. The van der Waals surface area contributed by atoms with E-state index in [0.29, 0.717) is 12.1 Å². The van der Waals surface area contributed by atoms with Gasteiger partial charge in [0.25, 0.3) is 0 Å². The fourth-order valence-corrected chi connectivity index (χ4v) is 3.60. The molecule has 2 aromatic rings. The highest BCUT2D eigenvalue weighted by Gasteiger charge is 2.21. The molecule has 2 rings (SSSR count). The predicted molar refractivity (Wildman–Crippen MR) is 86.9 cm³/mol. The first kappa shape index (κ1) is 17.1. The van der Waals surface area contributed by atoms with Gasteiger partial charge in [-0.2, -0.15) is 0 Å². The monoisotopic (exact) mass is 344 g/mol. The third-order valence-electron chi connectivity index (χ3n) is 3.24. The number of halogens is 1. The first-order valence-corrected chi connectivity index (χ1v) is 12.6. The Hall–Kier alpha value is -1.25. The van der Waals surface area contributed by atoms with Crippen LogP contribution >= 0.6 is 0 Å². The molecule has 0 unspecified atom stereocenters. The largest absolute Gasteiger partial charge is 0.361 e. The maximum Gasteiger partial charge on any atom is 0.230 e. The molecular formula is C14H21FN2O3SSi. The lowest BCUT2D eigenvalue weighted by molar-refractivity contribution is 0.0838. The maximum atomic E-state index is 13.8. The van der Waals surface area contributed by atoms with Crippen molar-refractivity contribution in [1.82, 2.24) is 9.55 Å². The van der Waals surface area contributed by atoms with E-state index in [-0.39, 0.29) is 17.4 Å². The van der Waals surface area contributed by atoms with Crippen LogP contribution in [0.3, 0.4) is 0 Å². The molecule has 0 fully saturated rings. The molecule has 5 nitrogen and oxygen atoms in total. The van der Waals surface area contributed by atoms with Gasteiger partial charge in [-0.3, -0.25) is 4.57 Å². The minimum absolute atomic E-state index is 0.0484. The Balaban J connectivity index is 2.33. The fourth-order valence-electron chi connectivity index (χ4n) is 2.03. The number of imidazole rings is 1. The molecule has 0 atom stereocenters.